The van der Waals surface area contributed by atoms with Gasteiger partial charge < -0.3 is 5.32 Å². The van der Waals surface area contributed by atoms with Crippen LogP contribution < -0.4 is 10.0 Å². The minimum absolute atomic E-state index is 0.398. The van der Waals surface area contributed by atoms with Crippen LogP contribution in [0.5, 0.6) is 0 Å². The smallest absolute Gasteiger partial charge is 0.311 e. The first kappa shape index (κ1) is 10.6. The highest BCUT2D eigenvalue weighted by molar-refractivity contribution is 7.83. The van der Waals surface area contributed by atoms with Gasteiger partial charge >= 0.3 is 10.3 Å². The van der Waals surface area contributed by atoms with Crippen LogP contribution in [-0.4, -0.2) is 19.5 Å². The third-order valence-electron chi connectivity index (χ3n) is 2.39. The third-order valence-corrected chi connectivity index (χ3v) is 2.97. The van der Waals surface area contributed by atoms with E-state index >= 15 is 0 Å². The predicted molar refractivity (Wildman–Crippen MR) is 55.6 cm³/mol. The standard InChI is InChI=1S/C9H12N2O3S/c12-15(13,14)11-9-6-10-5-7-3-1-2-4-8(7)9/h1-4,9-11H,5-6H2,(H,12,13,14). The zero-order valence-corrected chi connectivity index (χ0v) is 8.79. The van der Waals surface area contributed by atoms with Gasteiger partial charge in [0, 0.05) is 13.1 Å². The first-order valence-electron chi connectivity index (χ1n) is 4.59. The Morgan fingerprint density at radius 1 is 1.40 bits per heavy atom. The predicted octanol–water partition coefficient (Wildman–Crippen LogP) is 0.223. The summed E-state index contributed by atoms with van der Waals surface area (Å²) in [5, 5.41) is 3.08. The van der Waals surface area contributed by atoms with E-state index in [2.05, 4.69) is 10.0 Å². The van der Waals surface area contributed by atoms with Gasteiger partial charge in [0.2, 0.25) is 0 Å². The maximum Gasteiger partial charge on any atom is 0.333 e. The van der Waals surface area contributed by atoms with E-state index in [1.54, 1.807) is 0 Å². The topological polar surface area (TPSA) is 78.4 Å². The molecule has 1 atom stereocenters. The fourth-order valence-electron chi connectivity index (χ4n) is 1.78. The van der Waals surface area contributed by atoms with Crippen LogP contribution in [0.3, 0.4) is 0 Å². The Labute approximate surface area is 88.4 Å². The van der Waals surface area contributed by atoms with Gasteiger partial charge in [-0.3, -0.25) is 4.55 Å². The minimum atomic E-state index is -4.16. The Hall–Kier alpha value is -0.950. The monoisotopic (exact) mass is 228 g/mol. The number of nitrogens with one attached hydrogen (secondary N) is 2. The summed E-state index contributed by atoms with van der Waals surface area (Å²) in [6, 6.07) is 7.14. The molecule has 0 aliphatic carbocycles. The summed E-state index contributed by atoms with van der Waals surface area (Å²) in [5.41, 5.74) is 1.96. The summed E-state index contributed by atoms with van der Waals surface area (Å²) in [6.07, 6.45) is 0. The van der Waals surface area contributed by atoms with Gasteiger partial charge in [0.1, 0.15) is 0 Å². The molecule has 0 amide bonds. The van der Waals surface area contributed by atoms with Gasteiger partial charge in [0.25, 0.3) is 0 Å². The first-order chi connectivity index (χ1) is 7.06. The van der Waals surface area contributed by atoms with Crippen LogP contribution in [0, 0.1) is 0 Å². The van der Waals surface area contributed by atoms with Crippen LogP contribution in [0.4, 0.5) is 0 Å². The van der Waals surface area contributed by atoms with E-state index in [0.717, 1.165) is 17.7 Å². The second-order valence-electron chi connectivity index (χ2n) is 3.48. The van der Waals surface area contributed by atoms with Crippen molar-refractivity contribution in [3.63, 3.8) is 0 Å². The molecule has 82 valence electrons. The molecular formula is C9H12N2O3S. The first-order valence-corrected chi connectivity index (χ1v) is 6.03. The van der Waals surface area contributed by atoms with E-state index in [4.69, 9.17) is 4.55 Å². The van der Waals surface area contributed by atoms with Gasteiger partial charge in [0.15, 0.2) is 0 Å². The van der Waals surface area contributed by atoms with Gasteiger partial charge in [-0.1, -0.05) is 24.3 Å². The highest BCUT2D eigenvalue weighted by Crippen LogP contribution is 2.21. The molecule has 5 nitrogen and oxygen atoms in total. The Bertz CT molecular complexity index is 458. The van der Waals surface area contributed by atoms with E-state index in [1.807, 2.05) is 24.3 Å². The van der Waals surface area contributed by atoms with Crippen molar-refractivity contribution in [3.05, 3.63) is 35.4 Å². The van der Waals surface area contributed by atoms with Crippen LogP contribution in [-0.2, 0) is 16.8 Å². The van der Waals surface area contributed by atoms with Crippen LogP contribution in [0.15, 0.2) is 24.3 Å². The van der Waals surface area contributed by atoms with Crippen LogP contribution in [0.25, 0.3) is 0 Å². The molecule has 15 heavy (non-hydrogen) atoms. The number of hydrogen-bond donors (Lipinski definition) is 3. The average Bonchev–Trinajstić information content (AvgIpc) is 2.16. The normalized spacial score (nSPS) is 21.0. The maximum atomic E-state index is 10.7. The van der Waals surface area contributed by atoms with Crippen molar-refractivity contribution in [2.24, 2.45) is 0 Å². The second kappa shape index (κ2) is 3.90. The van der Waals surface area contributed by atoms with Crippen molar-refractivity contribution in [1.29, 1.82) is 0 Å². The number of fused-ring (bicyclic) bond motifs is 1. The van der Waals surface area contributed by atoms with E-state index in [9.17, 15) is 8.42 Å². The zero-order valence-electron chi connectivity index (χ0n) is 7.97. The summed E-state index contributed by atoms with van der Waals surface area (Å²) >= 11 is 0. The molecule has 1 aliphatic heterocycles. The molecule has 1 heterocycles. The summed E-state index contributed by atoms with van der Waals surface area (Å²) in [6.45, 7) is 1.20. The molecule has 0 radical (unpaired) electrons. The molecule has 3 N–H and O–H groups in total. The molecule has 1 unspecified atom stereocenters. The van der Waals surface area contributed by atoms with Crippen molar-refractivity contribution in [2.45, 2.75) is 12.6 Å². The maximum absolute atomic E-state index is 10.7. The van der Waals surface area contributed by atoms with Gasteiger partial charge in [0.05, 0.1) is 6.04 Å². The lowest BCUT2D eigenvalue weighted by atomic mass is 9.98. The average molecular weight is 228 g/mol. The minimum Gasteiger partial charge on any atom is -0.311 e. The van der Waals surface area contributed by atoms with Gasteiger partial charge in [-0.05, 0) is 11.1 Å². The lowest BCUT2D eigenvalue weighted by Gasteiger charge is -2.25. The quantitative estimate of drug-likeness (QED) is 0.633. The number of benzene rings is 1. The summed E-state index contributed by atoms with van der Waals surface area (Å²) < 4.78 is 32.4. The zero-order chi connectivity index (χ0) is 10.9. The Morgan fingerprint density at radius 3 is 2.87 bits per heavy atom. The molecule has 2 rings (SSSR count). The Morgan fingerprint density at radius 2 is 2.13 bits per heavy atom. The molecule has 1 aliphatic rings. The van der Waals surface area contributed by atoms with Crippen molar-refractivity contribution < 1.29 is 13.0 Å². The molecule has 6 heteroatoms. The molecular weight excluding hydrogens is 216 g/mol. The molecule has 0 fully saturated rings. The van der Waals surface area contributed by atoms with Gasteiger partial charge in [-0.25, -0.2) is 0 Å². The highest BCUT2D eigenvalue weighted by Gasteiger charge is 2.22. The Balaban J connectivity index is 2.30. The summed E-state index contributed by atoms with van der Waals surface area (Å²) in [5.74, 6) is 0. The fraction of sp³-hybridized carbons (Fsp3) is 0.333. The molecule has 0 spiro atoms. The molecule has 1 aromatic rings. The molecule has 0 aromatic heterocycles. The summed E-state index contributed by atoms with van der Waals surface area (Å²) in [7, 11) is -4.16. The highest BCUT2D eigenvalue weighted by atomic mass is 32.2. The molecule has 0 bridgehead atoms. The van der Waals surface area contributed by atoms with Crippen LogP contribution in [0.1, 0.15) is 17.2 Å². The molecule has 0 saturated carbocycles. The lowest BCUT2D eigenvalue weighted by molar-refractivity contribution is 0.438. The van der Waals surface area contributed by atoms with Crippen molar-refractivity contribution in [1.82, 2.24) is 10.0 Å². The van der Waals surface area contributed by atoms with Crippen molar-refractivity contribution in [2.75, 3.05) is 6.54 Å². The molecule has 1 aromatic carbocycles. The lowest BCUT2D eigenvalue weighted by Crippen LogP contribution is -2.39. The van der Waals surface area contributed by atoms with E-state index in [0.29, 0.717) is 6.54 Å². The number of rotatable bonds is 2. The van der Waals surface area contributed by atoms with Crippen LogP contribution >= 0.6 is 0 Å². The van der Waals surface area contributed by atoms with Gasteiger partial charge in [-0.2, -0.15) is 13.1 Å². The van der Waals surface area contributed by atoms with E-state index in [-0.39, 0.29) is 0 Å². The summed E-state index contributed by atoms with van der Waals surface area (Å²) in [4.78, 5) is 0. The van der Waals surface area contributed by atoms with E-state index in [1.165, 1.54) is 0 Å². The van der Waals surface area contributed by atoms with Crippen LogP contribution in [0.2, 0.25) is 0 Å². The van der Waals surface area contributed by atoms with E-state index < -0.39 is 16.3 Å². The third kappa shape index (κ3) is 2.54. The fourth-order valence-corrected chi connectivity index (χ4v) is 2.35. The largest absolute Gasteiger partial charge is 0.333 e. The second-order valence-corrected chi connectivity index (χ2v) is 4.66. The molecule has 0 saturated heterocycles. The Kier molecular flexibility index (Phi) is 2.74. The van der Waals surface area contributed by atoms with Crippen molar-refractivity contribution in [3.8, 4) is 0 Å². The van der Waals surface area contributed by atoms with Gasteiger partial charge in [-0.15, -0.1) is 0 Å². The SMILES string of the molecule is O=S(=O)(O)NC1CNCc2ccccc21. The number of hydrogen-bond acceptors (Lipinski definition) is 3. The van der Waals surface area contributed by atoms with Crippen molar-refractivity contribution >= 4 is 10.3 Å².